The van der Waals surface area contributed by atoms with Crippen molar-refractivity contribution in [2.75, 3.05) is 0 Å². The molecular formula is C25H25I. The summed E-state index contributed by atoms with van der Waals surface area (Å²) in [5.74, 6) is 1.33. The highest BCUT2D eigenvalue weighted by atomic mass is 127. The number of benzene rings is 2. The quantitative estimate of drug-likeness (QED) is 0.507. The van der Waals surface area contributed by atoms with Crippen LogP contribution in [-0.2, 0) is 5.41 Å². The summed E-state index contributed by atoms with van der Waals surface area (Å²) in [6, 6.07) is 16.1. The summed E-state index contributed by atoms with van der Waals surface area (Å²) in [5.41, 5.74) is 6.66. The van der Waals surface area contributed by atoms with Crippen molar-refractivity contribution in [2.24, 2.45) is 5.92 Å². The van der Waals surface area contributed by atoms with Crippen LogP contribution in [0.3, 0.4) is 0 Å². The molecule has 2 aromatic carbocycles. The van der Waals surface area contributed by atoms with Crippen molar-refractivity contribution in [1.82, 2.24) is 0 Å². The van der Waals surface area contributed by atoms with Gasteiger partial charge in [-0.05, 0) is 110 Å². The number of fused-ring (bicyclic) bond motifs is 4. The lowest BCUT2D eigenvalue weighted by molar-refractivity contribution is 0.344. The van der Waals surface area contributed by atoms with Crippen molar-refractivity contribution in [2.45, 2.75) is 50.9 Å². The van der Waals surface area contributed by atoms with Gasteiger partial charge in [0.25, 0.3) is 0 Å². The Kier molecular flexibility index (Phi) is 3.93. The van der Waals surface area contributed by atoms with Crippen LogP contribution in [-0.4, -0.2) is 0 Å². The Morgan fingerprint density at radius 1 is 1.04 bits per heavy atom. The normalized spacial score (nSPS) is 25.7. The summed E-state index contributed by atoms with van der Waals surface area (Å²) in [4.78, 5) is 0. The van der Waals surface area contributed by atoms with E-state index in [0.29, 0.717) is 11.8 Å². The lowest BCUT2D eigenvalue weighted by atomic mass is 9.70. The first-order chi connectivity index (χ1) is 12.6. The van der Waals surface area contributed by atoms with E-state index < -0.39 is 0 Å². The molecule has 2 unspecified atom stereocenters. The van der Waals surface area contributed by atoms with Gasteiger partial charge in [0.05, 0.1) is 0 Å². The third kappa shape index (κ3) is 2.46. The molecule has 3 aliphatic rings. The van der Waals surface area contributed by atoms with Gasteiger partial charge in [0, 0.05) is 3.57 Å². The Morgan fingerprint density at radius 2 is 1.88 bits per heavy atom. The van der Waals surface area contributed by atoms with Gasteiger partial charge >= 0.3 is 0 Å². The van der Waals surface area contributed by atoms with Gasteiger partial charge in [-0.15, -0.1) is 0 Å². The largest absolute Gasteiger partial charge is 0.0764 e. The molecule has 0 aliphatic heterocycles. The molecule has 0 spiro atoms. The molecule has 0 saturated heterocycles. The first-order valence-electron chi connectivity index (χ1n) is 9.85. The molecule has 0 aromatic heterocycles. The molecule has 1 heteroatoms. The third-order valence-corrected chi connectivity index (χ3v) is 7.58. The zero-order valence-corrected chi connectivity index (χ0v) is 17.7. The summed E-state index contributed by atoms with van der Waals surface area (Å²) < 4.78 is 1.36. The van der Waals surface area contributed by atoms with Crippen LogP contribution < -0.4 is 10.4 Å². The molecule has 0 radical (unpaired) electrons. The topological polar surface area (TPSA) is 0 Å². The second-order valence-corrected chi connectivity index (χ2v) is 9.87. The molecule has 2 aromatic rings. The van der Waals surface area contributed by atoms with E-state index in [1.54, 1.807) is 22.3 Å². The monoisotopic (exact) mass is 452 g/mol. The van der Waals surface area contributed by atoms with Gasteiger partial charge in [-0.2, -0.15) is 0 Å². The van der Waals surface area contributed by atoms with Crippen molar-refractivity contribution < 1.29 is 0 Å². The van der Waals surface area contributed by atoms with Crippen molar-refractivity contribution in [3.63, 3.8) is 0 Å². The molecule has 0 bridgehead atoms. The predicted molar refractivity (Wildman–Crippen MR) is 119 cm³/mol. The molecule has 0 fully saturated rings. The number of hydrogen-bond acceptors (Lipinski definition) is 0. The maximum absolute atomic E-state index is 2.67. The maximum Gasteiger partial charge on any atom is 0.0133 e. The smallest absolute Gasteiger partial charge is 0.0133 e. The van der Waals surface area contributed by atoms with Gasteiger partial charge in [-0.25, -0.2) is 0 Å². The summed E-state index contributed by atoms with van der Waals surface area (Å²) in [6.07, 6.45) is 9.97. The van der Waals surface area contributed by atoms with Crippen molar-refractivity contribution in [1.29, 1.82) is 0 Å². The average molecular weight is 452 g/mol. The lowest BCUT2D eigenvalue weighted by Gasteiger charge is -2.34. The Balaban J connectivity index is 1.65. The Hall–Kier alpha value is -1.35. The minimum Gasteiger partial charge on any atom is -0.0764 e. The van der Waals surface area contributed by atoms with Crippen molar-refractivity contribution >= 4 is 34.2 Å². The summed E-state index contributed by atoms with van der Waals surface area (Å²) in [5, 5.41) is 2.91. The van der Waals surface area contributed by atoms with Crippen LogP contribution in [0.5, 0.6) is 0 Å². The van der Waals surface area contributed by atoms with E-state index in [0.717, 1.165) is 0 Å². The molecule has 132 valence electrons. The van der Waals surface area contributed by atoms with E-state index in [1.165, 1.54) is 39.7 Å². The van der Waals surface area contributed by atoms with E-state index in [9.17, 15) is 0 Å². The fraction of sp³-hybridized carbons (Fsp3) is 0.360. The van der Waals surface area contributed by atoms with Crippen LogP contribution in [0.1, 0.15) is 56.6 Å². The van der Waals surface area contributed by atoms with Gasteiger partial charge < -0.3 is 0 Å². The molecule has 3 aliphatic carbocycles. The fourth-order valence-electron chi connectivity index (χ4n) is 5.60. The summed E-state index contributed by atoms with van der Waals surface area (Å²) in [6.45, 7) is 4.92. The number of hydrogen-bond donors (Lipinski definition) is 0. The fourth-order valence-corrected chi connectivity index (χ4v) is 6.09. The Morgan fingerprint density at radius 3 is 2.77 bits per heavy atom. The van der Waals surface area contributed by atoms with E-state index in [2.05, 4.69) is 91.1 Å². The van der Waals surface area contributed by atoms with Gasteiger partial charge in [-0.3, -0.25) is 0 Å². The number of halogens is 1. The van der Waals surface area contributed by atoms with Crippen molar-refractivity contribution in [3.8, 4) is 0 Å². The predicted octanol–water partition coefficient (Wildman–Crippen LogP) is 5.43. The van der Waals surface area contributed by atoms with E-state index in [4.69, 9.17) is 0 Å². The molecule has 2 atom stereocenters. The third-order valence-electron chi connectivity index (χ3n) is 6.91. The van der Waals surface area contributed by atoms with Crippen LogP contribution in [0, 0.1) is 9.49 Å². The first-order valence-corrected chi connectivity index (χ1v) is 10.9. The Bertz CT molecular complexity index is 1040. The van der Waals surface area contributed by atoms with E-state index in [1.807, 2.05) is 0 Å². The van der Waals surface area contributed by atoms with E-state index in [-0.39, 0.29) is 5.41 Å². The molecule has 0 saturated carbocycles. The molecule has 26 heavy (non-hydrogen) atoms. The van der Waals surface area contributed by atoms with Gasteiger partial charge in [0.15, 0.2) is 0 Å². The number of allylic oxidation sites excluding steroid dienone is 2. The second kappa shape index (κ2) is 6.09. The van der Waals surface area contributed by atoms with Crippen LogP contribution >= 0.6 is 22.6 Å². The first kappa shape index (κ1) is 16.8. The zero-order chi connectivity index (χ0) is 17.9. The van der Waals surface area contributed by atoms with Crippen molar-refractivity contribution in [3.05, 3.63) is 79.2 Å². The Labute approximate surface area is 169 Å². The minimum absolute atomic E-state index is 0.230. The highest BCUT2D eigenvalue weighted by Gasteiger charge is 2.46. The minimum atomic E-state index is 0.230. The highest BCUT2D eigenvalue weighted by molar-refractivity contribution is 14.1. The highest BCUT2D eigenvalue weighted by Crippen LogP contribution is 2.56. The summed E-state index contributed by atoms with van der Waals surface area (Å²) >= 11 is 2.46. The summed E-state index contributed by atoms with van der Waals surface area (Å²) in [7, 11) is 0. The second-order valence-electron chi connectivity index (χ2n) is 8.62. The van der Waals surface area contributed by atoms with Gasteiger partial charge in [0.1, 0.15) is 0 Å². The molecular weight excluding hydrogens is 427 g/mol. The maximum atomic E-state index is 2.67. The molecule has 0 N–H and O–H groups in total. The van der Waals surface area contributed by atoms with Crippen LogP contribution in [0.2, 0.25) is 0 Å². The molecule has 0 heterocycles. The zero-order valence-electron chi connectivity index (χ0n) is 15.6. The van der Waals surface area contributed by atoms with E-state index >= 15 is 0 Å². The molecule has 0 amide bonds. The molecule has 5 rings (SSSR count). The van der Waals surface area contributed by atoms with Crippen LogP contribution in [0.15, 0.2) is 54.1 Å². The van der Waals surface area contributed by atoms with Crippen LogP contribution in [0.4, 0.5) is 0 Å². The number of rotatable bonds is 1. The standard InChI is InChI=1S/C25H25I/c1-25(2)23-14-17(20-9-5-7-16-6-3-4-8-19(16)20)10-12-21(23)22-13-11-18(26)15-24(22)25/h3-4,6-8,11,13-15,21,23H,5,9-10,12H2,1-2H3. The lowest BCUT2D eigenvalue weighted by Crippen LogP contribution is -2.31. The SMILES string of the molecule is CC1(C)c2cc(I)ccc2C2CCC(C3=c4ccccc4=CCC3)=CC21. The average Bonchev–Trinajstić information content (AvgIpc) is 2.88. The van der Waals surface area contributed by atoms with Gasteiger partial charge in [-0.1, -0.05) is 56.3 Å². The molecule has 0 nitrogen and oxygen atoms in total. The van der Waals surface area contributed by atoms with Gasteiger partial charge in [0.2, 0.25) is 0 Å². The van der Waals surface area contributed by atoms with Crippen LogP contribution in [0.25, 0.3) is 11.6 Å².